The molecule has 2 heterocycles. The quantitative estimate of drug-likeness (QED) is 0.348. The van der Waals surface area contributed by atoms with Crippen LogP contribution in [0.5, 0.6) is 0 Å². The van der Waals surface area contributed by atoms with Crippen LogP contribution < -0.4 is 10.0 Å². The molecule has 2 unspecified atom stereocenters. The van der Waals surface area contributed by atoms with Gasteiger partial charge < -0.3 is 14.8 Å². The Morgan fingerprint density at radius 3 is 2.53 bits per heavy atom. The van der Waals surface area contributed by atoms with Crippen LogP contribution >= 0.6 is 0 Å². The zero-order chi connectivity index (χ0) is 27.0. The number of carboxylic acids is 1. The molecule has 10 heteroatoms. The summed E-state index contributed by atoms with van der Waals surface area (Å²) >= 11 is 0. The maximum absolute atomic E-state index is 13.0. The Morgan fingerprint density at radius 1 is 1.13 bits per heavy atom. The second-order valence-electron chi connectivity index (χ2n) is 10.5. The van der Waals surface area contributed by atoms with Crippen LogP contribution in [0.1, 0.15) is 71.6 Å². The molecular weight excluding hydrogens is 506 g/mol. The van der Waals surface area contributed by atoms with Crippen LogP contribution in [0.4, 0.5) is 0 Å². The standard InChI is InChI=1S/C28H33N3O6S/c1-16-6-8-19(9-7-16)25-24(26(32)29-2)22-14-21(18-10-11-18)23(31-27(22)37-25)15-38(35,36)30-13-12-17-4-3-5-20(17)28(33)34/h6-9,14,17-18,20,30H,3-5,10-13,15H2,1-2H3,(H,29,32)(H,33,34). The fourth-order valence-electron chi connectivity index (χ4n) is 5.54. The minimum atomic E-state index is -3.72. The Bertz CT molecular complexity index is 1470. The fourth-order valence-corrected chi connectivity index (χ4v) is 6.66. The Labute approximate surface area is 222 Å². The molecule has 5 rings (SSSR count). The van der Waals surface area contributed by atoms with Crippen molar-refractivity contribution in [3.8, 4) is 11.3 Å². The molecule has 3 N–H and O–H groups in total. The molecule has 1 amide bonds. The molecule has 38 heavy (non-hydrogen) atoms. The molecule has 2 aliphatic carbocycles. The highest BCUT2D eigenvalue weighted by Crippen LogP contribution is 2.44. The summed E-state index contributed by atoms with van der Waals surface area (Å²) in [6, 6.07) is 9.51. The molecule has 2 atom stereocenters. The van der Waals surface area contributed by atoms with Gasteiger partial charge >= 0.3 is 5.97 Å². The summed E-state index contributed by atoms with van der Waals surface area (Å²) in [5.41, 5.74) is 3.67. The summed E-state index contributed by atoms with van der Waals surface area (Å²) in [7, 11) is -2.16. The first-order valence-corrected chi connectivity index (χ1v) is 14.8. The van der Waals surface area contributed by atoms with Crippen molar-refractivity contribution in [3.05, 3.63) is 52.7 Å². The molecule has 3 aromatic rings. The zero-order valence-electron chi connectivity index (χ0n) is 21.6. The van der Waals surface area contributed by atoms with Gasteiger partial charge in [0.15, 0.2) is 0 Å². The maximum Gasteiger partial charge on any atom is 0.306 e. The molecule has 2 saturated carbocycles. The van der Waals surface area contributed by atoms with E-state index in [0.29, 0.717) is 35.2 Å². The SMILES string of the molecule is CNC(=O)c1c(-c2ccc(C)cc2)oc2nc(CS(=O)(=O)NCCC3CCCC3C(=O)O)c(C3CC3)cc12. The van der Waals surface area contributed by atoms with Gasteiger partial charge in [0.1, 0.15) is 11.5 Å². The lowest BCUT2D eigenvalue weighted by molar-refractivity contribution is -0.143. The normalized spacial score (nSPS) is 19.6. The van der Waals surface area contributed by atoms with Crippen LogP contribution in [-0.4, -0.2) is 44.0 Å². The number of aromatic nitrogens is 1. The monoisotopic (exact) mass is 539 g/mol. The summed E-state index contributed by atoms with van der Waals surface area (Å²) in [5, 5.41) is 12.6. The van der Waals surface area contributed by atoms with Crippen molar-refractivity contribution in [2.24, 2.45) is 11.8 Å². The first-order valence-electron chi connectivity index (χ1n) is 13.1. The van der Waals surface area contributed by atoms with Crippen LogP contribution in [0, 0.1) is 18.8 Å². The number of hydrogen-bond acceptors (Lipinski definition) is 6. The number of rotatable bonds is 10. The average molecular weight is 540 g/mol. The molecule has 9 nitrogen and oxygen atoms in total. The van der Waals surface area contributed by atoms with Gasteiger partial charge in [0.25, 0.3) is 5.91 Å². The lowest BCUT2D eigenvalue weighted by Gasteiger charge is -2.16. The molecule has 2 aliphatic rings. The molecule has 2 fully saturated rings. The van der Waals surface area contributed by atoms with Gasteiger partial charge in [-0.1, -0.05) is 36.2 Å². The Morgan fingerprint density at radius 2 is 1.87 bits per heavy atom. The van der Waals surface area contributed by atoms with E-state index < -0.39 is 21.9 Å². The van der Waals surface area contributed by atoms with E-state index in [4.69, 9.17) is 4.42 Å². The van der Waals surface area contributed by atoms with E-state index in [1.807, 2.05) is 37.3 Å². The number of sulfonamides is 1. The van der Waals surface area contributed by atoms with Gasteiger partial charge in [-0.2, -0.15) is 0 Å². The Kier molecular flexibility index (Phi) is 7.28. The van der Waals surface area contributed by atoms with E-state index in [1.165, 1.54) is 0 Å². The predicted octanol–water partition coefficient (Wildman–Crippen LogP) is 4.35. The molecule has 202 valence electrons. The van der Waals surface area contributed by atoms with E-state index >= 15 is 0 Å². The van der Waals surface area contributed by atoms with E-state index in [-0.39, 0.29) is 35.8 Å². The van der Waals surface area contributed by atoms with Crippen molar-refractivity contribution < 1.29 is 27.5 Å². The number of benzene rings is 1. The Balaban J connectivity index is 1.43. The number of fused-ring (bicyclic) bond motifs is 1. The van der Waals surface area contributed by atoms with Crippen LogP contribution in [0.2, 0.25) is 0 Å². The number of nitrogens with zero attached hydrogens (tertiary/aromatic N) is 1. The first kappa shape index (κ1) is 26.4. The van der Waals surface area contributed by atoms with Gasteiger partial charge in [-0.25, -0.2) is 18.1 Å². The summed E-state index contributed by atoms with van der Waals surface area (Å²) in [4.78, 5) is 29.0. The number of carboxylic acid groups (broad SMARTS) is 1. The molecule has 0 saturated heterocycles. The number of carbonyl (C=O) groups is 2. The second kappa shape index (κ2) is 10.5. The number of carbonyl (C=O) groups excluding carboxylic acids is 1. The smallest absolute Gasteiger partial charge is 0.306 e. The predicted molar refractivity (Wildman–Crippen MR) is 143 cm³/mol. The topological polar surface area (TPSA) is 139 Å². The highest BCUT2D eigenvalue weighted by molar-refractivity contribution is 7.88. The number of aliphatic carboxylic acids is 1. The van der Waals surface area contributed by atoms with Gasteiger partial charge in [-0.3, -0.25) is 9.59 Å². The van der Waals surface area contributed by atoms with Gasteiger partial charge in [-0.05, 0) is 62.5 Å². The lowest BCUT2D eigenvalue weighted by Crippen LogP contribution is -2.29. The summed E-state index contributed by atoms with van der Waals surface area (Å²) in [6.45, 7) is 2.17. The third-order valence-electron chi connectivity index (χ3n) is 7.72. The third kappa shape index (κ3) is 5.47. The Hall–Kier alpha value is -3.24. The number of hydrogen-bond donors (Lipinski definition) is 3. The number of aryl methyl sites for hydroxylation is 1. The van der Waals surface area contributed by atoms with E-state index in [9.17, 15) is 23.1 Å². The van der Waals surface area contributed by atoms with E-state index in [0.717, 1.165) is 42.4 Å². The third-order valence-corrected chi connectivity index (χ3v) is 9.02. The minimum Gasteiger partial charge on any atom is -0.481 e. The van der Waals surface area contributed by atoms with E-state index in [2.05, 4.69) is 15.0 Å². The molecule has 1 aromatic carbocycles. The lowest BCUT2D eigenvalue weighted by atomic mass is 9.93. The van der Waals surface area contributed by atoms with Crippen molar-refractivity contribution in [1.82, 2.24) is 15.0 Å². The van der Waals surface area contributed by atoms with Crippen LogP contribution in [0.3, 0.4) is 0 Å². The second-order valence-corrected chi connectivity index (χ2v) is 12.3. The summed E-state index contributed by atoms with van der Waals surface area (Å²) in [6.07, 6.45) is 4.67. The number of nitrogens with one attached hydrogen (secondary N) is 2. The number of furan rings is 1. The van der Waals surface area contributed by atoms with Crippen molar-refractivity contribution in [3.63, 3.8) is 0 Å². The van der Waals surface area contributed by atoms with Gasteiger partial charge in [0.2, 0.25) is 15.7 Å². The largest absolute Gasteiger partial charge is 0.481 e. The van der Waals surface area contributed by atoms with Crippen LogP contribution in [0.15, 0.2) is 34.7 Å². The van der Waals surface area contributed by atoms with Crippen LogP contribution in [-0.2, 0) is 20.6 Å². The van der Waals surface area contributed by atoms with Gasteiger partial charge in [0, 0.05) is 19.2 Å². The molecular formula is C28H33N3O6S. The van der Waals surface area contributed by atoms with E-state index in [1.54, 1.807) is 7.05 Å². The minimum absolute atomic E-state index is 0.0156. The average Bonchev–Trinajstić information content (AvgIpc) is 3.49. The molecule has 0 aliphatic heterocycles. The first-order chi connectivity index (χ1) is 18.2. The highest BCUT2D eigenvalue weighted by atomic mass is 32.2. The summed E-state index contributed by atoms with van der Waals surface area (Å²) in [5.74, 6) is -1.23. The van der Waals surface area contributed by atoms with Crippen molar-refractivity contribution in [2.45, 2.75) is 57.1 Å². The summed E-state index contributed by atoms with van der Waals surface area (Å²) < 4.78 is 34.8. The van der Waals surface area contributed by atoms with Crippen molar-refractivity contribution in [1.29, 1.82) is 0 Å². The van der Waals surface area contributed by atoms with Gasteiger partial charge in [0.05, 0.1) is 22.6 Å². The molecule has 0 bridgehead atoms. The van der Waals surface area contributed by atoms with Crippen molar-refractivity contribution >= 4 is 33.0 Å². The van der Waals surface area contributed by atoms with Crippen molar-refractivity contribution in [2.75, 3.05) is 13.6 Å². The van der Waals surface area contributed by atoms with Gasteiger partial charge in [-0.15, -0.1) is 0 Å². The van der Waals surface area contributed by atoms with Crippen LogP contribution in [0.25, 0.3) is 22.4 Å². The molecule has 2 aromatic heterocycles. The zero-order valence-corrected chi connectivity index (χ0v) is 22.4. The maximum atomic E-state index is 13.0. The number of amides is 1. The molecule has 0 spiro atoms. The molecule has 0 radical (unpaired) electrons. The fraction of sp³-hybridized carbons (Fsp3) is 0.464. The highest BCUT2D eigenvalue weighted by Gasteiger charge is 2.34. The number of pyridine rings is 1.